The number of halogens is 1. The minimum atomic E-state index is -4.04. The lowest BCUT2D eigenvalue weighted by molar-refractivity contribution is -0.255. The Hall–Kier alpha value is -3.49. The van der Waals surface area contributed by atoms with Gasteiger partial charge >= 0.3 is 0 Å². The minimum absolute atomic E-state index is 0.00797. The number of sulfone groups is 1. The predicted octanol–water partition coefficient (Wildman–Crippen LogP) is 2.33. The average Bonchev–Trinajstić information content (AvgIpc) is 2.99. The first kappa shape index (κ1) is 20.8. The van der Waals surface area contributed by atoms with Crippen LogP contribution in [0.25, 0.3) is 0 Å². The van der Waals surface area contributed by atoms with Gasteiger partial charge in [0.25, 0.3) is 11.8 Å². The van der Waals surface area contributed by atoms with Crippen molar-refractivity contribution in [3.8, 4) is 0 Å². The van der Waals surface area contributed by atoms with E-state index in [1.54, 1.807) is 24.3 Å². The van der Waals surface area contributed by atoms with Crippen LogP contribution in [0.2, 0.25) is 5.02 Å². The Kier molecular flexibility index (Phi) is 5.12. The molecule has 0 aliphatic carbocycles. The zero-order chi connectivity index (χ0) is 22.3. The fraction of sp³-hybridized carbons (Fsp3) is 0.0455. The van der Waals surface area contributed by atoms with Crippen LogP contribution in [0.15, 0.2) is 76.5 Å². The molecule has 31 heavy (non-hydrogen) atoms. The normalized spacial score (nSPS) is 13.4. The number of carbonyl (C=O) groups is 3. The van der Waals surface area contributed by atoms with Crippen molar-refractivity contribution in [2.75, 3.05) is 0 Å². The van der Waals surface area contributed by atoms with E-state index in [-0.39, 0.29) is 33.0 Å². The lowest BCUT2D eigenvalue weighted by Crippen LogP contribution is -2.29. The van der Waals surface area contributed by atoms with Crippen LogP contribution in [0.3, 0.4) is 0 Å². The molecule has 3 aromatic carbocycles. The highest BCUT2D eigenvalue weighted by Crippen LogP contribution is 2.29. The molecule has 3 aromatic rings. The summed E-state index contributed by atoms with van der Waals surface area (Å²) in [6.45, 7) is 0.0241. The SMILES string of the molecule is O=C([O-])c1ccc(S(=O)(=O)c2ccc3c(c2)C(=O)N(Cc2ccc(Cl)cc2)C3=O)cc1. The number of amides is 2. The van der Waals surface area contributed by atoms with Crippen LogP contribution in [-0.4, -0.2) is 31.1 Å². The molecule has 0 saturated carbocycles. The molecule has 2 amide bonds. The molecule has 0 bridgehead atoms. The van der Waals surface area contributed by atoms with Gasteiger partial charge in [-0.25, -0.2) is 8.42 Å². The number of imide groups is 1. The second-order valence-corrected chi connectivity index (χ2v) is 9.23. The van der Waals surface area contributed by atoms with E-state index in [0.29, 0.717) is 10.6 Å². The molecular formula is C22H13ClNO6S-. The molecule has 0 aromatic heterocycles. The van der Waals surface area contributed by atoms with E-state index in [1.807, 2.05) is 0 Å². The molecule has 0 atom stereocenters. The van der Waals surface area contributed by atoms with Crippen LogP contribution in [0.4, 0.5) is 0 Å². The zero-order valence-electron chi connectivity index (χ0n) is 15.7. The Bertz CT molecular complexity index is 1330. The highest BCUT2D eigenvalue weighted by molar-refractivity contribution is 7.91. The number of nitrogens with zero attached hydrogens (tertiary/aromatic N) is 1. The van der Waals surface area contributed by atoms with Crippen LogP contribution in [0.5, 0.6) is 0 Å². The third-order valence-corrected chi connectivity index (χ3v) is 6.93. The van der Waals surface area contributed by atoms with E-state index >= 15 is 0 Å². The number of aromatic carboxylic acids is 1. The van der Waals surface area contributed by atoms with E-state index in [0.717, 1.165) is 29.2 Å². The summed E-state index contributed by atoms with van der Waals surface area (Å²) in [6, 6.07) is 14.9. The minimum Gasteiger partial charge on any atom is -0.545 e. The summed E-state index contributed by atoms with van der Waals surface area (Å²) in [5, 5.41) is 11.4. The van der Waals surface area contributed by atoms with Gasteiger partial charge in [0.15, 0.2) is 0 Å². The Morgan fingerprint density at radius 1 is 0.839 bits per heavy atom. The second-order valence-electron chi connectivity index (χ2n) is 6.85. The number of hydrogen-bond acceptors (Lipinski definition) is 6. The third-order valence-electron chi connectivity index (χ3n) is 4.91. The Morgan fingerprint density at radius 2 is 1.42 bits per heavy atom. The predicted molar refractivity (Wildman–Crippen MR) is 108 cm³/mol. The molecule has 0 unspecified atom stereocenters. The Labute approximate surface area is 182 Å². The fourth-order valence-electron chi connectivity index (χ4n) is 3.26. The van der Waals surface area contributed by atoms with Crippen LogP contribution in [0.1, 0.15) is 36.6 Å². The first-order chi connectivity index (χ1) is 14.7. The van der Waals surface area contributed by atoms with Crippen molar-refractivity contribution in [1.82, 2.24) is 4.90 Å². The van der Waals surface area contributed by atoms with Gasteiger partial charge in [0, 0.05) is 5.02 Å². The van der Waals surface area contributed by atoms with E-state index in [4.69, 9.17) is 11.6 Å². The lowest BCUT2D eigenvalue weighted by atomic mass is 10.1. The highest BCUT2D eigenvalue weighted by atomic mass is 35.5. The molecule has 9 heteroatoms. The zero-order valence-corrected chi connectivity index (χ0v) is 17.3. The molecular weight excluding hydrogens is 442 g/mol. The van der Waals surface area contributed by atoms with Gasteiger partial charge in [-0.15, -0.1) is 0 Å². The monoisotopic (exact) mass is 454 g/mol. The molecule has 1 aliphatic rings. The second kappa shape index (κ2) is 7.64. The third kappa shape index (κ3) is 3.71. The molecule has 7 nitrogen and oxygen atoms in total. The van der Waals surface area contributed by atoms with Crippen molar-refractivity contribution in [2.45, 2.75) is 16.3 Å². The number of fused-ring (bicyclic) bond motifs is 1. The summed E-state index contributed by atoms with van der Waals surface area (Å²) in [5.74, 6) is -2.54. The highest BCUT2D eigenvalue weighted by Gasteiger charge is 2.36. The summed E-state index contributed by atoms with van der Waals surface area (Å²) >= 11 is 5.86. The summed E-state index contributed by atoms with van der Waals surface area (Å²) in [7, 11) is -4.04. The fourth-order valence-corrected chi connectivity index (χ4v) is 4.67. The maximum atomic E-state index is 12.9. The number of benzene rings is 3. The van der Waals surface area contributed by atoms with Gasteiger partial charge in [-0.2, -0.15) is 0 Å². The van der Waals surface area contributed by atoms with Gasteiger partial charge in [0.1, 0.15) is 0 Å². The largest absolute Gasteiger partial charge is 0.545 e. The van der Waals surface area contributed by atoms with Crippen molar-refractivity contribution in [3.05, 3.63) is 94.0 Å². The molecule has 0 saturated heterocycles. The van der Waals surface area contributed by atoms with Gasteiger partial charge < -0.3 is 9.90 Å². The standard InChI is InChI=1S/C22H14ClNO6S/c23-15-5-1-13(2-6-15)12-24-20(25)18-10-9-17(11-19(18)21(24)26)31(29,30)16-7-3-14(4-8-16)22(27)28/h1-11H,12H2,(H,27,28)/p-1. The van der Waals surface area contributed by atoms with Crippen molar-refractivity contribution in [3.63, 3.8) is 0 Å². The summed E-state index contributed by atoms with van der Waals surface area (Å²) in [6.07, 6.45) is 0. The first-order valence-electron chi connectivity index (χ1n) is 8.99. The first-order valence-corrected chi connectivity index (χ1v) is 10.9. The molecule has 156 valence electrons. The maximum Gasteiger partial charge on any atom is 0.261 e. The van der Waals surface area contributed by atoms with Crippen molar-refractivity contribution in [2.24, 2.45) is 0 Å². The smallest absolute Gasteiger partial charge is 0.261 e. The summed E-state index contributed by atoms with van der Waals surface area (Å²) < 4.78 is 25.8. The summed E-state index contributed by atoms with van der Waals surface area (Å²) in [4.78, 5) is 37.1. The van der Waals surface area contributed by atoms with Crippen molar-refractivity contribution >= 4 is 39.2 Å². The number of rotatable bonds is 5. The van der Waals surface area contributed by atoms with Gasteiger partial charge in [-0.3, -0.25) is 14.5 Å². The molecule has 0 spiro atoms. The topological polar surface area (TPSA) is 112 Å². The van der Waals surface area contributed by atoms with E-state index in [9.17, 15) is 27.9 Å². The molecule has 0 fully saturated rings. The van der Waals surface area contributed by atoms with Crippen LogP contribution in [0, 0.1) is 0 Å². The molecule has 4 rings (SSSR count). The van der Waals surface area contributed by atoms with Gasteiger partial charge in [-0.1, -0.05) is 35.9 Å². The Morgan fingerprint density at radius 3 is 2.03 bits per heavy atom. The van der Waals surface area contributed by atoms with E-state index in [2.05, 4.69) is 0 Å². The maximum absolute atomic E-state index is 12.9. The quantitative estimate of drug-likeness (QED) is 0.547. The van der Waals surface area contributed by atoms with Gasteiger partial charge in [-0.05, 0) is 53.6 Å². The van der Waals surface area contributed by atoms with Gasteiger partial charge in [0.05, 0.1) is 33.4 Å². The van der Waals surface area contributed by atoms with Crippen LogP contribution in [-0.2, 0) is 16.4 Å². The van der Waals surface area contributed by atoms with E-state index < -0.39 is 27.6 Å². The molecule has 0 radical (unpaired) electrons. The van der Waals surface area contributed by atoms with Crippen LogP contribution >= 0.6 is 11.6 Å². The van der Waals surface area contributed by atoms with Gasteiger partial charge in [0.2, 0.25) is 9.84 Å². The number of carboxylic acids is 1. The molecule has 1 aliphatic heterocycles. The Balaban J connectivity index is 1.66. The molecule has 1 heterocycles. The van der Waals surface area contributed by atoms with E-state index in [1.165, 1.54) is 18.2 Å². The average molecular weight is 455 g/mol. The number of carbonyl (C=O) groups excluding carboxylic acids is 3. The lowest BCUT2D eigenvalue weighted by Gasteiger charge is -2.13. The number of carboxylic acid groups (broad SMARTS) is 1. The van der Waals surface area contributed by atoms with Crippen molar-refractivity contribution < 1.29 is 27.9 Å². The van der Waals surface area contributed by atoms with Crippen molar-refractivity contribution in [1.29, 1.82) is 0 Å². The van der Waals surface area contributed by atoms with Crippen LogP contribution < -0.4 is 5.11 Å². The molecule has 0 N–H and O–H groups in total. The number of hydrogen-bond donors (Lipinski definition) is 0. The summed E-state index contributed by atoms with van der Waals surface area (Å²) in [5.41, 5.74) is 0.642.